The van der Waals surface area contributed by atoms with Gasteiger partial charge in [-0.1, -0.05) is 26.0 Å². The lowest BCUT2D eigenvalue weighted by Crippen LogP contribution is -2.43. The number of carboxylic acid groups (broad SMARTS) is 1. The van der Waals surface area contributed by atoms with Crippen LogP contribution < -0.4 is 4.74 Å². The highest BCUT2D eigenvalue weighted by Crippen LogP contribution is 2.62. The second kappa shape index (κ2) is 17.1. The Morgan fingerprint density at radius 3 is 1.60 bits per heavy atom. The van der Waals surface area contributed by atoms with Crippen LogP contribution in [-0.2, 0) is 51.0 Å². The van der Waals surface area contributed by atoms with Crippen LogP contribution in [-0.4, -0.2) is 80.3 Å². The Kier molecular flexibility index (Phi) is 12.3. The van der Waals surface area contributed by atoms with E-state index >= 15 is 0 Å². The molecule has 2 aliphatic heterocycles. The molecule has 12 atom stereocenters. The predicted octanol–water partition coefficient (Wildman–Crippen LogP) is 7.63. The fraction of sp³-hybridized carbons (Fsp3) is 0.680. The molecule has 0 spiro atoms. The first-order valence-electron chi connectivity index (χ1n) is 23.2. The number of ether oxygens (including phenoxy) is 5. The molecule has 344 valence electrons. The largest absolute Gasteiger partial charge is 0.508 e. The molecule has 0 bridgehead atoms. The van der Waals surface area contributed by atoms with Gasteiger partial charge in [0.15, 0.2) is 12.2 Å². The summed E-state index contributed by atoms with van der Waals surface area (Å²) >= 11 is 0. The monoisotopic (exact) mass is 874 g/mol. The molecular formula is C50H66O13. The minimum Gasteiger partial charge on any atom is -0.508 e. The van der Waals surface area contributed by atoms with Gasteiger partial charge in [-0.2, -0.15) is 0 Å². The summed E-state index contributed by atoms with van der Waals surface area (Å²) in [4.78, 5) is 45.4. The summed E-state index contributed by atoms with van der Waals surface area (Å²) in [5, 5.41) is 39.0. The van der Waals surface area contributed by atoms with Gasteiger partial charge in [0.05, 0.1) is 25.0 Å². The van der Waals surface area contributed by atoms with Crippen molar-refractivity contribution < 1.29 is 63.3 Å². The van der Waals surface area contributed by atoms with E-state index in [4.69, 9.17) is 28.8 Å². The summed E-state index contributed by atoms with van der Waals surface area (Å²) in [7, 11) is 0. The van der Waals surface area contributed by atoms with E-state index in [1.54, 1.807) is 27.7 Å². The molecule has 6 aliphatic carbocycles. The first-order chi connectivity index (χ1) is 29.7. The molecule has 0 amide bonds. The molecule has 2 heterocycles. The van der Waals surface area contributed by atoms with E-state index in [9.17, 15) is 34.5 Å². The van der Waals surface area contributed by atoms with Crippen LogP contribution in [0.4, 0.5) is 0 Å². The number of phenolic OH excluding ortho intramolecular Hbond substituents is 1. The van der Waals surface area contributed by atoms with Crippen molar-refractivity contribution in [3.63, 3.8) is 0 Å². The van der Waals surface area contributed by atoms with E-state index in [0.717, 1.165) is 63.7 Å². The zero-order valence-electron chi connectivity index (χ0n) is 37.6. The van der Waals surface area contributed by atoms with E-state index in [-0.39, 0.29) is 35.9 Å². The number of carbonyl (C=O) groups is 4. The number of rotatable bonds is 5. The number of hydrogen-bond acceptors (Lipinski definition) is 12. The number of aliphatic hydroxyl groups excluding tert-OH is 2. The predicted molar refractivity (Wildman–Crippen MR) is 228 cm³/mol. The van der Waals surface area contributed by atoms with Crippen LogP contribution in [0.2, 0.25) is 0 Å². The Bertz CT molecular complexity index is 2090. The van der Waals surface area contributed by atoms with Gasteiger partial charge in [-0.25, -0.2) is 9.59 Å². The van der Waals surface area contributed by atoms with Gasteiger partial charge in [-0.05, 0) is 170 Å². The molecule has 2 saturated heterocycles. The van der Waals surface area contributed by atoms with Gasteiger partial charge in [0.25, 0.3) is 0 Å². The molecule has 8 aliphatic rings. The van der Waals surface area contributed by atoms with E-state index in [2.05, 4.69) is 26.0 Å². The van der Waals surface area contributed by atoms with Crippen LogP contribution in [0, 0.1) is 34.5 Å². The Morgan fingerprint density at radius 2 is 1.13 bits per heavy atom. The Morgan fingerprint density at radius 1 is 0.651 bits per heavy atom. The van der Waals surface area contributed by atoms with Crippen LogP contribution in [0.5, 0.6) is 11.5 Å². The lowest BCUT2D eigenvalue weighted by molar-refractivity contribution is -0.163. The molecule has 0 radical (unpaired) electrons. The van der Waals surface area contributed by atoms with Crippen molar-refractivity contribution in [2.75, 3.05) is 0 Å². The first kappa shape index (κ1) is 45.5. The summed E-state index contributed by atoms with van der Waals surface area (Å²) in [6.45, 7) is 11.0. The number of aliphatic carboxylic acids is 1. The van der Waals surface area contributed by atoms with Gasteiger partial charge in [-0.15, -0.1) is 0 Å². The molecule has 13 heteroatoms. The molecule has 6 fully saturated rings. The maximum Gasteiger partial charge on any atom is 0.338 e. The number of aromatic hydroxyl groups is 1. The number of aliphatic hydroxyl groups is 2. The number of cyclic esters (lactones) is 2. The molecule has 13 nitrogen and oxygen atoms in total. The number of carbonyl (C=O) groups excluding carboxylic acids is 3. The number of phenols is 1. The van der Waals surface area contributed by atoms with Crippen LogP contribution in [0.1, 0.15) is 153 Å². The molecule has 6 unspecified atom stereocenters. The van der Waals surface area contributed by atoms with E-state index in [1.165, 1.54) is 41.5 Å². The van der Waals surface area contributed by atoms with Crippen LogP contribution >= 0.6 is 0 Å². The standard InChI is InChI=1S/C25H32O6.C18H24O2.C7H10O5/c1-24(2)30-20(23(28)31-24)13-22(27)29-15-5-7-16-14(12-15)4-6-18-17(16)10-11-25(3)19(18)8-9-21(25)26;1-18-9-8-14-13-5-3-12(19)10-11(13)2-4-15(14)16(18)6-7-17(18)20;1-7(2)11-4(3-5(8)9)6(10)12-7/h5,7,12,17-21,26H,4,6,8-11,13H2,1-3H3;3,5,10,14-17,19-20H,2,4,6-9H2,1H3;4H,3H2,1-2H3,(H,8,9)/t17?,18?,19?,20-,21+,25+;14?,15?,16?,17-,18-;4-/m101/s1. The number of esters is 3. The third kappa shape index (κ3) is 9.01. The Balaban J connectivity index is 0.000000145. The highest BCUT2D eigenvalue weighted by molar-refractivity contribution is 5.84. The van der Waals surface area contributed by atoms with Crippen molar-refractivity contribution in [2.45, 2.75) is 179 Å². The van der Waals surface area contributed by atoms with Gasteiger partial charge in [0.2, 0.25) is 11.6 Å². The average molecular weight is 875 g/mol. The van der Waals surface area contributed by atoms with Gasteiger partial charge in [0.1, 0.15) is 11.5 Å². The van der Waals surface area contributed by atoms with Crippen molar-refractivity contribution >= 4 is 23.9 Å². The Labute approximate surface area is 370 Å². The third-order valence-corrected chi connectivity index (χ3v) is 16.3. The number of fused-ring (bicyclic) bond motifs is 10. The second-order valence-corrected chi connectivity index (χ2v) is 21.0. The zero-order chi connectivity index (χ0) is 45.2. The smallest absolute Gasteiger partial charge is 0.338 e. The van der Waals surface area contributed by atoms with E-state index < -0.39 is 47.7 Å². The number of hydrogen-bond donors (Lipinski definition) is 4. The van der Waals surface area contributed by atoms with Crippen molar-refractivity contribution in [1.82, 2.24) is 0 Å². The maximum atomic E-state index is 12.4. The van der Waals surface area contributed by atoms with Crippen molar-refractivity contribution in [1.29, 1.82) is 0 Å². The fourth-order valence-electron chi connectivity index (χ4n) is 13.3. The molecule has 63 heavy (non-hydrogen) atoms. The second-order valence-electron chi connectivity index (χ2n) is 21.0. The van der Waals surface area contributed by atoms with Crippen LogP contribution in [0.15, 0.2) is 36.4 Å². The fourth-order valence-corrected chi connectivity index (χ4v) is 13.3. The van der Waals surface area contributed by atoms with Crippen molar-refractivity contribution in [2.24, 2.45) is 34.5 Å². The SMILES string of the molecule is CC1(C)OC(=O)[C@@H](CC(=O)O)O1.CC1(C)OC(=O)[C@@H](CC(=O)Oc2ccc3c(c2)CCC2C3CC[C@@]3(C)C2CC[C@@H]3O)O1.C[C@]12CCC3c4ccc(O)cc4CCC3C1CC[C@@H]2O. The Hall–Kier alpha value is -4.04. The van der Waals surface area contributed by atoms with Crippen molar-refractivity contribution in [3.05, 3.63) is 58.7 Å². The maximum absolute atomic E-state index is 12.4. The highest BCUT2D eigenvalue weighted by atomic mass is 16.8. The third-order valence-electron chi connectivity index (χ3n) is 16.3. The molecule has 2 aromatic carbocycles. The molecular weight excluding hydrogens is 809 g/mol. The summed E-state index contributed by atoms with van der Waals surface area (Å²) < 4.78 is 25.9. The number of carboxylic acids is 1. The number of aryl methyl sites for hydroxylation is 2. The average Bonchev–Trinajstić information content (AvgIpc) is 3.87. The van der Waals surface area contributed by atoms with Gasteiger partial charge < -0.3 is 44.1 Å². The van der Waals surface area contributed by atoms with Crippen molar-refractivity contribution in [3.8, 4) is 11.5 Å². The molecule has 10 rings (SSSR count). The van der Waals surface area contributed by atoms with Gasteiger partial charge >= 0.3 is 23.9 Å². The molecule has 2 aromatic rings. The molecule has 0 aromatic heterocycles. The minimum absolute atomic E-state index is 0.0756. The zero-order valence-corrected chi connectivity index (χ0v) is 37.6. The van der Waals surface area contributed by atoms with E-state index in [1.807, 2.05) is 24.3 Å². The highest BCUT2D eigenvalue weighted by Gasteiger charge is 2.56. The lowest BCUT2D eigenvalue weighted by Gasteiger charge is -2.50. The van der Waals surface area contributed by atoms with Gasteiger partial charge in [-0.3, -0.25) is 9.59 Å². The number of benzene rings is 2. The summed E-state index contributed by atoms with van der Waals surface area (Å²) in [6, 6.07) is 11.9. The van der Waals surface area contributed by atoms with Crippen LogP contribution in [0.3, 0.4) is 0 Å². The normalized spacial score (nSPS) is 37.4. The van der Waals surface area contributed by atoms with Crippen LogP contribution in [0.25, 0.3) is 0 Å². The minimum atomic E-state index is -1.07. The molecule has 4 saturated carbocycles. The van der Waals surface area contributed by atoms with Gasteiger partial charge in [0, 0.05) is 27.7 Å². The summed E-state index contributed by atoms with van der Waals surface area (Å²) in [5.74, 6) is 0.0625. The lowest BCUT2D eigenvalue weighted by atomic mass is 9.55. The summed E-state index contributed by atoms with van der Waals surface area (Å²) in [6.07, 6.45) is 10.6. The first-order valence-corrected chi connectivity index (χ1v) is 23.2. The summed E-state index contributed by atoms with van der Waals surface area (Å²) in [5.41, 5.74) is 5.70. The topological polar surface area (TPSA) is 195 Å². The quantitative estimate of drug-likeness (QED) is 0.169. The van der Waals surface area contributed by atoms with E-state index in [0.29, 0.717) is 41.1 Å². The molecule has 4 N–H and O–H groups in total.